The Balaban J connectivity index is 1.60. The predicted octanol–water partition coefficient (Wildman–Crippen LogP) is 1.72. The summed E-state index contributed by atoms with van der Waals surface area (Å²) in [5.41, 5.74) is 5.18. The molecule has 4 heterocycles. The molecule has 11 heteroatoms. The third-order valence-electron chi connectivity index (χ3n) is 4.35. The maximum Gasteiger partial charge on any atom is 0.586 e. The van der Waals surface area contributed by atoms with E-state index in [1.807, 2.05) is 4.90 Å². The highest BCUT2D eigenvalue weighted by Crippen LogP contribution is 2.45. The van der Waals surface area contributed by atoms with Crippen LogP contribution in [-0.2, 0) is 6.54 Å². The molecule has 8 nitrogen and oxygen atoms in total. The van der Waals surface area contributed by atoms with Gasteiger partial charge in [0, 0.05) is 18.5 Å². The fraction of sp³-hybridized carbons (Fsp3) is 0.400. The van der Waals surface area contributed by atoms with Gasteiger partial charge in [-0.2, -0.15) is 4.52 Å². The number of nitrogen functional groups attached to an aromatic ring is 1. The molecule has 2 aliphatic rings. The molecular formula is C15H13F3N6O2. The van der Waals surface area contributed by atoms with Crippen molar-refractivity contribution in [2.75, 3.05) is 18.8 Å². The van der Waals surface area contributed by atoms with Crippen LogP contribution in [0, 0.1) is 0 Å². The smallest absolute Gasteiger partial charge is 0.395 e. The number of rotatable bonds is 2. The Kier molecular flexibility index (Phi) is 2.77. The summed E-state index contributed by atoms with van der Waals surface area (Å²) >= 11 is 0. The van der Waals surface area contributed by atoms with Crippen LogP contribution in [0.5, 0.6) is 11.5 Å². The van der Waals surface area contributed by atoms with Gasteiger partial charge in [-0.3, -0.25) is 4.90 Å². The van der Waals surface area contributed by atoms with Gasteiger partial charge in [-0.1, -0.05) is 0 Å². The number of benzene rings is 1. The summed E-state index contributed by atoms with van der Waals surface area (Å²) in [6.07, 6.45) is -3.76. The second-order valence-corrected chi connectivity index (χ2v) is 6.75. The number of nitrogens with two attached hydrogens (primary N) is 1. The minimum absolute atomic E-state index is 0.0302. The van der Waals surface area contributed by atoms with Crippen LogP contribution in [0.2, 0.25) is 0 Å². The van der Waals surface area contributed by atoms with Crippen LogP contribution < -0.4 is 15.2 Å². The van der Waals surface area contributed by atoms with Crippen LogP contribution in [-0.4, -0.2) is 49.5 Å². The van der Waals surface area contributed by atoms with E-state index >= 15 is 0 Å². The van der Waals surface area contributed by atoms with Gasteiger partial charge in [-0.25, -0.2) is 14.4 Å². The fourth-order valence-electron chi connectivity index (χ4n) is 3.41. The topological polar surface area (TPSA) is 90.8 Å². The van der Waals surface area contributed by atoms with Crippen LogP contribution in [0.15, 0.2) is 12.1 Å². The molecule has 1 fully saturated rings. The molecule has 26 heavy (non-hydrogen) atoms. The van der Waals surface area contributed by atoms with E-state index < -0.39 is 12.0 Å². The van der Waals surface area contributed by atoms with E-state index in [4.69, 9.17) is 5.73 Å². The molecule has 0 unspecified atom stereocenters. The van der Waals surface area contributed by atoms with Gasteiger partial charge >= 0.3 is 6.29 Å². The third kappa shape index (κ3) is 2.23. The SMILES string of the molecule is CC1(F)CN(Cc2nc3c4ccc5c(c4nc(N)n3n2)OC(F)(F)O5)C1. The average molecular weight is 366 g/mol. The van der Waals surface area contributed by atoms with Crippen molar-refractivity contribution in [3.8, 4) is 11.5 Å². The molecule has 0 saturated carbocycles. The second kappa shape index (κ2) is 4.67. The molecule has 0 spiro atoms. The number of aromatic nitrogens is 4. The van der Waals surface area contributed by atoms with Crippen LogP contribution >= 0.6 is 0 Å². The Morgan fingerprint density at radius 1 is 1.19 bits per heavy atom. The van der Waals surface area contributed by atoms with Crippen LogP contribution in [0.25, 0.3) is 16.6 Å². The second-order valence-electron chi connectivity index (χ2n) is 6.75. The van der Waals surface area contributed by atoms with Crippen molar-refractivity contribution < 1.29 is 22.6 Å². The van der Waals surface area contributed by atoms with Crippen molar-refractivity contribution in [3.63, 3.8) is 0 Å². The maximum atomic E-state index is 13.6. The van der Waals surface area contributed by atoms with E-state index in [1.54, 1.807) is 6.07 Å². The Morgan fingerprint density at radius 3 is 2.69 bits per heavy atom. The van der Waals surface area contributed by atoms with E-state index in [0.717, 1.165) is 0 Å². The van der Waals surface area contributed by atoms with Gasteiger partial charge in [0.05, 0.1) is 6.54 Å². The zero-order valence-corrected chi connectivity index (χ0v) is 13.5. The first-order valence-electron chi connectivity index (χ1n) is 7.86. The third-order valence-corrected chi connectivity index (χ3v) is 4.35. The quantitative estimate of drug-likeness (QED) is 0.738. The Labute approximate surface area is 144 Å². The number of nitrogens with zero attached hydrogens (tertiary/aromatic N) is 5. The van der Waals surface area contributed by atoms with E-state index in [0.29, 0.717) is 36.5 Å². The van der Waals surface area contributed by atoms with Crippen molar-refractivity contribution in [1.82, 2.24) is 24.5 Å². The summed E-state index contributed by atoms with van der Waals surface area (Å²) in [6, 6.07) is 2.90. The van der Waals surface area contributed by atoms with E-state index in [2.05, 4.69) is 24.5 Å². The standard InChI is InChI=1S/C15H13F3N6O2/c1-14(16)5-23(6-14)4-9-20-12-7-2-3-8-11(26-15(17,18)25-8)10(7)21-13(19)24(12)22-9/h2-3H,4-6H2,1H3,(H2,19,21). The lowest BCUT2D eigenvalue weighted by atomic mass is 9.99. The molecule has 1 aromatic carbocycles. The maximum absolute atomic E-state index is 13.6. The Hall–Kier alpha value is -2.82. The first-order chi connectivity index (χ1) is 12.2. The van der Waals surface area contributed by atoms with Crippen LogP contribution in [0.4, 0.5) is 19.1 Å². The highest BCUT2D eigenvalue weighted by atomic mass is 19.3. The molecule has 2 aromatic heterocycles. The zero-order valence-electron chi connectivity index (χ0n) is 13.5. The predicted molar refractivity (Wildman–Crippen MR) is 83.7 cm³/mol. The number of ether oxygens (including phenoxy) is 2. The number of fused-ring (bicyclic) bond motifs is 5. The van der Waals surface area contributed by atoms with E-state index in [1.165, 1.54) is 17.5 Å². The van der Waals surface area contributed by atoms with Gasteiger partial charge < -0.3 is 15.2 Å². The lowest BCUT2D eigenvalue weighted by molar-refractivity contribution is -0.286. The highest BCUT2D eigenvalue weighted by Gasteiger charge is 2.45. The lowest BCUT2D eigenvalue weighted by Crippen LogP contribution is -2.56. The van der Waals surface area contributed by atoms with Crippen molar-refractivity contribution in [1.29, 1.82) is 0 Å². The largest absolute Gasteiger partial charge is 0.586 e. The van der Waals surface area contributed by atoms with Crippen molar-refractivity contribution in [3.05, 3.63) is 18.0 Å². The van der Waals surface area contributed by atoms with Gasteiger partial charge in [-0.05, 0) is 19.1 Å². The zero-order chi connectivity index (χ0) is 18.3. The molecule has 0 amide bonds. The summed E-state index contributed by atoms with van der Waals surface area (Å²) < 4.78 is 50.7. The number of halogens is 3. The molecule has 0 radical (unpaired) electrons. The number of anilines is 1. The summed E-state index contributed by atoms with van der Waals surface area (Å²) in [5.74, 6) is 0.0883. The van der Waals surface area contributed by atoms with Gasteiger partial charge in [0.2, 0.25) is 5.95 Å². The van der Waals surface area contributed by atoms with Crippen molar-refractivity contribution in [2.45, 2.75) is 25.4 Å². The van der Waals surface area contributed by atoms with Crippen LogP contribution in [0.3, 0.4) is 0 Å². The molecule has 0 aliphatic carbocycles. The van der Waals surface area contributed by atoms with E-state index in [-0.39, 0.29) is 23.0 Å². The number of hydrogen-bond donors (Lipinski definition) is 1. The monoisotopic (exact) mass is 366 g/mol. The van der Waals surface area contributed by atoms with Crippen LogP contribution in [0.1, 0.15) is 12.7 Å². The number of hydrogen-bond acceptors (Lipinski definition) is 7. The molecule has 2 N–H and O–H groups in total. The molecular weight excluding hydrogens is 353 g/mol. The van der Waals surface area contributed by atoms with Crippen molar-refractivity contribution in [2.24, 2.45) is 0 Å². The first-order valence-corrected chi connectivity index (χ1v) is 7.86. The van der Waals surface area contributed by atoms with Gasteiger partial charge in [0.15, 0.2) is 23.0 Å². The molecule has 0 bridgehead atoms. The number of likely N-dealkylation sites (tertiary alicyclic amines) is 1. The van der Waals surface area contributed by atoms with Crippen molar-refractivity contribution >= 4 is 22.5 Å². The average Bonchev–Trinajstić information content (AvgIpc) is 3.05. The normalized spacial score (nSPS) is 20.6. The van der Waals surface area contributed by atoms with E-state index in [9.17, 15) is 13.2 Å². The minimum Gasteiger partial charge on any atom is -0.395 e. The Morgan fingerprint density at radius 2 is 1.96 bits per heavy atom. The Bertz CT molecular complexity index is 1060. The molecule has 3 aromatic rings. The molecule has 5 rings (SSSR count). The van der Waals surface area contributed by atoms with Gasteiger partial charge in [0.1, 0.15) is 11.2 Å². The fourth-order valence-corrected chi connectivity index (χ4v) is 3.41. The minimum atomic E-state index is -3.76. The summed E-state index contributed by atoms with van der Waals surface area (Å²) in [5, 5.41) is 4.73. The summed E-state index contributed by atoms with van der Waals surface area (Å²) in [7, 11) is 0. The van der Waals surface area contributed by atoms with Gasteiger partial charge in [0.25, 0.3) is 0 Å². The lowest BCUT2D eigenvalue weighted by Gasteiger charge is -2.41. The molecule has 2 aliphatic heterocycles. The molecule has 1 saturated heterocycles. The first kappa shape index (κ1) is 15.4. The highest BCUT2D eigenvalue weighted by molar-refractivity contribution is 5.97. The molecule has 136 valence electrons. The summed E-state index contributed by atoms with van der Waals surface area (Å²) in [6.45, 7) is 2.48. The summed E-state index contributed by atoms with van der Waals surface area (Å²) in [4.78, 5) is 10.4. The molecule has 0 atom stereocenters. The van der Waals surface area contributed by atoms with Gasteiger partial charge in [-0.15, -0.1) is 13.9 Å². The number of alkyl halides is 3.